The molecular weight excluding hydrogens is 424 g/mol. The van der Waals surface area contributed by atoms with Gasteiger partial charge in [0, 0.05) is 6.08 Å². The number of nitrogens with zero attached hydrogens (tertiary/aromatic N) is 2. The van der Waals surface area contributed by atoms with Crippen molar-refractivity contribution in [2.24, 2.45) is 0 Å². The molecule has 0 amide bonds. The molecule has 0 radical (unpaired) electrons. The maximum atomic E-state index is 10.0. The smallest absolute Gasteiger partial charge is 0.668 e. The average molecular weight is 469 g/mol. The molecule has 1 N–H and O–H groups in total. The first kappa shape index (κ1) is 34.2. The Morgan fingerprint density at radius 3 is 0.846 bits per heavy atom. The molecule has 0 rings (SSSR count). The minimum absolute atomic E-state index is 0. The Morgan fingerprint density at radius 1 is 0.654 bits per heavy atom. The summed E-state index contributed by atoms with van der Waals surface area (Å²) in [5.74, 6) is -0.0625. The van der Waals surface area contributed by atoms with Crippen molar-refractivity contribution < 1.29 is 31.6 Å². The van der Waals surface area contributed by atoms with E-state index in [1.807, 2.05) is 0 Å². The van der Waals surface area contributed by atoms with Gasteiger partial charge in [0.1, 0.15) is 0 Å². The predicted octanol–water partition coefficient (Wildman–Crippen LogP) is 7.09. The summed E-state index contributed by atoms with van der Waals surface area (Å²) in [7, 11) is -4.42. The zero-order chi connectivity index (χ0) is 21.3. The molecule has 0 heterocycles. The Labute approximate surface area is 183 Å². The number of hydrogen-bond acceptors (Lipinski definition) is 2. The van der Waals surface area contributed by atoms with Crippen LogP contribution < -0.4 is 0 Å². The van der Waals surface area contributed by atoms with Gasteiger partial charge < -0.3 is 14.4 Å². The summed E-state index contributed by atoms with van der Waals surface area (Å²) in [6.45, 7) is 30.4. The molecule has 26 heavy (non-hydrogen) atoms. The molecular formula is C17H44N2O2Si4Ti. The van der Waals surface area contributed by atoms with Gasteiger partial charge in [-0.3, -0.25) is 4.79 Å². The molecule has 0 aromatic heterocycles. The van der Waals surface area contributed by atoms with E-state index in [1.165, 1.54) is 19.9 Å². The van der Waals surface area contributed by atoms with Gasteiger partial charge in [-0.1, -0.05) is 112 Å². The summed E-state index contributed by atoms with van der Waals surface area (Å²) in [5.41, 5.74) is 0. The van der Waals surface area contributed by atoms with Crippen LogP contribution in [0.5, 0.6) is 0 Å². The van der Waals surface area contributed by atoms with E-state index in [2.05, 4.69) is 78.6 Å². The van der Waals surface area contributed by atoms with E-state index in [4.69, 9.17) is 14.4 Å². The van der Waals surface area contributed by atoms with Gasteiger partial charge in [0.25, 0.3) is 0 Å². The van der Waals surface area contributed by atoms with Crippen molar-refractivity contribution in [3.05, 3.63) is 21.1 Å². The number of aliphatic hydroxyl groups is 1. The number of aliphatic hydroxyl groups excluding tert-OH is 1. The standard InChI is InChI=1S/2C6H18NSi2.C5H8O2.Ti/c2*1-8(2,3)7-9(4,5)6;1-4(6)3-5(2)7;/h2*1-6H3;3,6H,1-2H3;/q2*-1;;+2/b;;4-3-;. The number of allylic oxidation sites excluding steroid dienone is 2. The molecule has 0 atom stereocenters. The second-order valence-corrected chi connectivity index (χ2v) is 29.5. The Morgan fingerprint density at radius 2 is 0.846 bits per heavy atom. The zero-order valence-corrected chi connectivity index (χ0v) is 25.4. The van der Waals surface area contributed by atoms with Crippen LogP contribution in [0.1, 0.15) is 13.8 Å². The summed E-state index contributed by atoms with van der Waals surface area (Å²) in [6.07, 6.45) is 1.17. The van der Waals surface area contributed by atoms with E-state index in [9.17, 15) is 4.79 Å². The molecule has 4 nitrogen and oxygen atoms in total. The minimum atomic E-state index is -1.11. The third-order valence-corrected chi connectivity index (χ3v) is 12.5. The Kier molecular flexibility index (Phi) is 18.2. The van der Waals surface area contributed by atoms with Crippen LogP contribution in [-0.2, 0) is 26.5 Å². The maximum Gasteiger partial charge on any atom is 2.00 e. The van der Waals surface area contributed by atoms with Gasteiger partial charge in [-0.05, 0) is 13.8 Å². The van der Waals surface area contributed by atoms with Crippen molar-refractivity contribution in [1.82, 2.24) is 0 Å². The first-order chi connectivity index (χ1) is 10.5. The van der Waals surface area contributed by atoms with Crippen LogP contribution in [0.4, 0.5) is 0 Å². The van der Waals surface area contributed by atoms with Crippen LogP contribution in [-0.4, -0.2) is 43.8 Å². The fraction of sp³-hybridized carbons (Fsp3) is 0.824. The molecule has 0 saturated heterocycles. The first-order valence-corrected chi connectivity index (χ1v) is 22.7. The van der Waals surface area contributed by atoms with E-state index in [0.29, 0.717) is 0 Å². The van der Waals surface area contributed by atoms with Crippen LogP contribution in [0.3, 0.4) is 0 Å². The van der Waals surface area contributed by atoms with Crippen LogP contribution in [0.2, 0.25) is 78.6 Å². The molecule has 0 aromatic carbocycles. The van der Waals surface area contributed by atoms with Crippen LogP contribution in [0.15, 0.2) is 11.8 Å². The molecule has 0 fully saturated rings. The van der Waals surface area contributed by atoms with Crippen LogP contribution in [0, 0.1) is 0 Å². The van der Waals surface area contributed by atoms with Crippen LogP contribution >= 0.6 is 0 Å². The summed E-state index contributed by atoms with van der Waals surface area (Å²) in [5, 5.41) is 8.36. The number of rotatable bonds is 5. The van der Waals surface area contributed by atoms with Crippen molar-refractivity contribution in [1.29, 1.82) is 0 Å². The molecule has 9 heteroatoms. The third kappa shape index (κ3) is 49.7. The SMILES string of the molecule is CC(=O)/C=C(/C)O.C[Si](C)(C)[N-][Si](C)(C)C.C[Si](C)(C)[N-][Si](C)(C)C.[Ti+2]. The van der Waals surface area contributed by atoms with Gasteiger partial charge >= 0.3 is 21.7 Å². The van der Waals surface area contributed by atoms with Crippen molar-refractivity contribution >= 4 is 38.7 Å². The van der Waals surface area contributed by atoms with Crippen molar-refractivity contribution in [2.75, 3.05) is 0 Å². The molecule has 0 aliphatic rings. The van der Waals surface area contributed by atoms with Gasteiger partial charge in [-0.2, -0.15) is 0 Å². The molecule has 0 aliphatic heterocycles. The van der Waals surface area contributed by atoms with Gasteiger partial charge in [0.05, 0.1) is 5.76 Å². The second-order valence-electron chi connectivity index (χ2n) is 10.3. The van der Waals surface area contributed by atoms with Gasteiger partial charge in [0.2, 0.25) is 0 Å². The second kappa shape index (κ2) is 13.8. The normalized spacial score (nSPS) is 12.8. The van der Waals surface area contributed by atoms with E-state index in [0.717, 1.165) is 0 Å². The van der Waals surface area contributed by atoms with E-state index in [1.54, 1.807) is 0 Å². The van der Waals surface area contributed by atoms with Crippen molar-refractivity contribution in [2.45, 2.75) is 92.4 Å². The molecule has 0 unspecified atom stereocenters. The van der Waals surface area contributed by atoms with E-state index >= 15 is 0 Å². The number of hydrogen-bond donors (Lipinski definition) is 1. The summed E-state index contributed by atoms with van der Waals surface area (Å²) in [4.78, 5) is 10.0. The zero-order valence-electron chi connectivity index (χ0n) is 19.8. The quantitative estimate of drug-likeness (QED) is 0.266. The van der Waals surface area contributed by atoms with Gasteiger partial charge in [-0.15, -0.1) is 0 Å². The largest absolute Gasteiger partial charge is 2.00 e. The number of carbonyl (C=O) groups is 1. The average Bonchev–Trinajstić information content (AvgIpc) is 2.01. The molecule has 0 aliphatic carbocycles. The fourth-order valence-electron chi connectivity index (χ4n) is 2.31. The van der Waals surface area contributed by atoms with Crippen LogP contribution in [0.25, 0.3) is 9.30 Å². The van der Waals surface area contributed by atoms with Crippen molar-refractivity contribution in [3.63, 3.8) is 0 Å². The molecule has 0 spiro atoms. The number of ketones is 1. The van der Waals surface area contributed by atoms with Crippen molar-refractivity contribution in [3.8, 4) is 0 Å². The predicted molar refractivity (Wildman–Crippen MR) is 127 cm³/mol. The third-order valence-electron chi connectivity index (χ3n) is 1.75. The molecule has 154 valence electrons. The summed E-state index contributed by atoms with van der Waals surface area (Å²) >= 11 is 0. The molecule has 0 saturated carbocycles. The Balaban J connectivity index is -0.000000138. The van der Waals surface area contributed by atoms with Gasteiger partial charge in [-0.25, -0.2) is 0 Å². The topological polar surface area (TPSA) is 65.5 Å². The fourth-order valence-corrected chi connectivity index (χ4v) is 18.4. The molecule has 0 aromatic rings. The number of carbonyl (C=O) groups excluding carboxylic acids is 1. The summed E-state index contributed by atoms with van der Waals surface area (Å²) < 4.78 is 9.64. The van der Waals surface area contributed by atoms with Gasteiger partial charge in [0.15, 0.2) is 5.78 Å². The Bertz CT molecular complexity index is 364. The molecule has 0 bridgehead atoms. The van der Waals surface area contributed by atoms with E-state index in [-0.39, 0.29) is 33.3 Å². The minimum Gasteiger partial charge on any atom is -0.668 e. The van der Waals surface area contributed by atoms with E-state index < -0.39 is 32.9 Å². The summed E-state index contributed by atoms with van der Waals surface area (Å²) in [6, 6.07) is 0. The first-order valence-electron chi connectivity index (χ1n) is 8.90. The monoisotopic (exact) mass is 468 g/mol. The Hall–Kier alpha value is 0.712. The maximum absolute atomic E-state index is 10.0.